The van der Waals surface area contributed by atoms with Gasteiger partial charge in [0.25, 0.3) is 0 Å². The van der Waals surface area contributed by atoms with Gasteiger partial charge in [0.15, 0.2) is 0 Å². The fraction of sp³-hybridized carbons (Fsp3) is 0.571. The zero-order chi connectivity index (χ0) is 19.5. The standard InChI is InChI=1S/C21H30N6O/c1-17(21(28)27-9-3-4-10-27)26-13-11-25(12-14-26)16-19-15-24(2)23-20(19)18-5-7-22-8-6-18/h5-8,15,17H,3-4,9-14,16H2,1-2H3. The predicted molar refractivity (Wildman–Crippen MR) is 109 cm³/mol. The zero-order valence-electron chi connectivity index (χ0n) is 16.9. The molecule has 0 aromatic carbocycles. The van der Waals surface area contributed by atoms with Crippen molar-refractivity contribution in [1.29, 1.82) is 0 Å². The lowest BCUT2D eigenvalue weighted by atomic mass is 10.1. The number of pyridine rings is 1. The van der Waals surface area contributed by atoms with Crippen LogP contribution in [0.4, 0.5) is 0 Å². The molecule has 2 saturated heterocycles. The van der Waals surface area contributed by atoms with Crippen LogP contribution in [-0.4, -0.2) is 80.7 Å². The smallest absolute Gasteiger partial charge is 0.239 e. The molecule has 4 rings (SSSR count). The topological polar surface area (TPSA) is 57.5 Å². The summed E-state index contributed by atoms with van der Waals surface area (Å²) in [6, 6.07) is 4.01. The van der Waals surface area contributed by atoms with E-state index in [-0.39, 0.29) is 6.04 Å². The number of nitrogens with zero attached hydrogens (tertiary/aromatic N) is 6. The summed E-state index contributed by atoms with van der Waals surface area (Å²) >= 11 is 0. The average Bonchev–Trinajstić information content (AvgIpc) is 3.38. The minimum atomic E-state index is -0.00831. The Bertz CT molecular complexity index is 790. The fourth-order valence-electron chi connectivity index (χ4n) is 4.31. The second-order valence-corrected chi connectivity index (χ2v) is 7.93. The van der Waals surface area contributed by atoms with Crippen LogP contribution in [0.25, 0.3) is 11.3 Å². The number of hydrogen-bond donors (Lipinski definition) is 0. The van der Waals surface area contributed by atoms with Crippen LogP contribution in [0.15, 0.2) is 30.7 Å². The first kappa shape index (κ1) is 19.1. The highest BCUT2D eigenvalue weighted by atomic mass is 16.2. The molecule has 1 atom stereocenters. The lowest BCUT2D eigenvalue weighted by Crippen LogP contribution is -2.54. The van der Waals surface area contributed by atoms with E-state index in [1.165, 1.54) is 5.56 Å². The summed E-state index contributed by atoms with van der Waals surface area (Å²) in [7, 11) is 1.97. The first-order valence-corrected chi connectivity index (χ1v) is 10.3. The van der Waals surface area contributed by atoms with E-state index in [0.29, 0.717) is 5.91 Å². The number of aromatic nitrogens is 3. The van der Waals surface area contributed by atoms with Gasteiger partial charge >= 0.3 is 0 Å². The van der Waals surface area contributed by atoms with Crippen molar-refractivity contribution >= 4 is 5.91 Å². The molecule has 2 fully saturated rings. The first-order valence-electron chi connectivity index (χ1n) is 10.3. The van der Waals surface area contributed by atoms with Gasteiger partial charge < -0.3 is 4.90 Å². The van der Waals surface area contributed by atoms with Crippen molar-refractivity contribution in [1.82, 2.24) is 29.5 Å². The van der Waals surface area contributed by atoms with E-state index >= 15 is 0 Å². The van der Waals surface area contributed by atoms with Gasteiger partial charge in [0, 0.05) is 82.6 Å². The second kappa shape index (κ2) is 8.41. The molecule has 0 bridgehead atoms. The van der Waals surface area contributed by atoms with Gasteiger partial charge in [-0.05, 0) is 31.9 Å². The maximum absolute atomic E-state index is 12.7. The van der Waals surface area contributed by atoms with Crippen molar-refractivity contribution < 1.29 is 4.79 Å². The highest BCUT2D eigenvalue weighted by Crippen LogP contribution is 2.23. The molecule has 0 saturated carbocycles. The second-order valence-electron chi connectivity index (χ2n) is 7.93. The number of rotatable bonds is 5. The molecular weight excluding hydrogens is 352 g/mol. The van der Waals surface area contributed by atoms with E-state index in [2.05, 4.69) is 33.0 Å². The minimum absolute atomic E-state index is 0.00831. The van der Waals surface area contributed by atoms with E-state index < -0.39 is 0 Å². The van der Waals surface area contributed by atoms with Crippen molar-refractivity contribution in [2.75, 3.05) is 39.3 Å². The Kier molecular flexibility index (Phi) is 5.73. The van der Waals surface area contributed by atoms with Crippen LogP contribution in [0.2, 0.25) is 0 Å². The fourth-order valence-corrected chi connectivity index (χ4v) is 4.31. The third-order valence-electron chi connectivity index (χ3n) is 5.98. The van der Waals surface area contributed by atoms with Crippen LogP contribution in [0, 0.1) is 0 Å². The molecule has 2 aliphatic heterocycles. The summed E-state index contributed by atoms with van der Waals surface area (Å²) in [5.41, 5.74) is 3.38. The van der Waals surface area contributed by atoms with Crippen molar-refractivity contribution in [3.63, 3.8) is 0 Å². The molecule has 0 radical (unpaired) electrons. The monoisotopic (exact) mass is 382 g/mol. The van der Waals surface area contributed by atoms with Gasteiger partial charge in [0.2, 0.25) is 5.91 Å². The Morgan fingerprint density at radius 3 is 2.43 bits per heavy atom. The van der Waals surface area contributed by atoms with Gasteiger partial charge in [-0.2, -0.15) is 5.10 Å². The lowest BCUT2D eigenvalue weighted by Gasteiger charge is -2.38. The summed E-state index contributed by atoms with van der Waals surface area (Å²) in [4.78, 5) is 23.6. The van der Waals surface area contributed by atoms with E-state index in [1.54, 1.807) is 0 Å². The summed E-state index contributed by atoms with van der Waals surface area (Å²) in [6.07, 6.45) is 8.03. The van der Waals surface area contributed by atoms with Gasteiger partial charge in [0.05, 0.1) is 11.7 Å². The van der Waals surface area contributed by atoms with E-state index in [1.807, 2.05) is 41.2 Å². The maximum Gasteiger partial charge on any atom is 0.239 e. The summed E-state index contributed by atoms with van der Waals surface area (Å²) in [6.45, 7) is 8.64. The Balaban J connectivity index is 1.36. The van der Waals surface area contributed by atoms with Crippen molar-refractivity contribution in [2.45, 2.75) is 32.4 Å². The molecule has 0 N–H and O–H groups in total. The highest BCUT2D eigenvalue weighted by Gasteiger charge is 2.30. The van der Waals surface area contributed by atoms with E-state index in [4.69, 9.17) is 0 Å². The third kappa shape index (κ3) is 4.10. The molecule has 2 aromatic rings. The molecule has 0 aliphatic carbocycles. The Morgan fingerprint density at radius 2 is 1.75 bits per heavy atom. The third-order valence-corrected chi connectivity index (χ3v) is 5.98. The summed E-state index contributed by atoms with van der Waals surface area (Å²) in [5, 5.41) is 4.66. The molecule has 2 aromatic heterocycles. The van der Waals surface area contributed by atoms with Crippen LogP contribution in [0.1, 0.15) is 25.3 Å². The van der Waals surface area contributed by atoms with Gasteiger partial charge in [0.1, 0.15) is 0 Å². The van der Waals surface area contributed by atoms with Gasteiger partial charge in [-0.25, -0.2) is 0 Å². The molecule has 7 nitrogen and oxygen atoms in total. The normalized spacial score (nSPS) is 19.9. The van der Waals surface area contributed by atoms with Crippen LogP contribution in [-0.2, 0) is 18.4 Å². The summed E-state index contributed by atoms with van der Waals surface area (Å²) in [5.74, 6) is 0.304. The highest BCUT2D eigenvalue weighted by molar-refractivity contribution is 5.81. The summed E-state index contributed by atoms with van der Waals surface area (Å²) < 4.78 is 1.89. The Morgan fingerprint density at radius 1 is 1.07 bits per heavy atom. The van der Waals surface area contributed by atoms with Crippen molar-refractivity contribution in [3.05, 3.63) is 36.3 Å². The van der Waals surface area contributed by atoms with Crippen LogP contribution in [0.5, 0.6) is 0 Å². The maximum atomic E-state index is 12.7. The van der Waals surface area contributed by atoms with Gasteiger partial charge in [-0.15, -0.1) is 0 Å². The quantitative estimate of drug-likeness (QED) is 0.786. The van der Waals surface area contributed by atoms with E-state index in [9.17, 15) is 4.79 Å². The first-order chi connectivity index (χ1) is 13.6. The molecule has 0 spiro atoms. The largest absolute Gasteiger partial charge is 0.341 e. The number of carbonyl (C=O) groups excluding carboxylic acids is 1. The molecule has 28 heavy (non-hydrogen) atoms. The molecule has 7 heteroatoms. The van der Waals surface area contributed by atoms with Crippen molar-refractivity contribution in [3.8, 4) is 11.3 Å². The van der Waals surface area contributed by atoms with Crippen LogP contribution < -0.4 is 0 Å². The number of piperazine rings is 1. The SMILES string of the molecule is CC(C(=O)N1CCCC1)N1CCN(Cc2cn(C)nc2-c2ccncc2)CC1. The minimum Gasteiger partial charge on any atom is -0.341 e. The average molecular weight is 383 g/mol. The molecule has 150 valence electrons. The number of amides is 1. The molecule has 1 amide bonds. The molecule has 4 heterocycles. The van der Waals surface area contributed by atoms with E-state index in [0.717, 1.165) is 69.9 Å². The number of likely N-dealkylation sites (tertiary alicyclic amines) is 1. The molecule has 2 aliphatic rings. The molecule has 1 unspecified atom stereocenters. The predicted octanol–water partition coefficient (Wildman–Crippen LogP) is 1.61. The Labute approximate surface area is 166 Å². The number of hydrogen-bond acceptors (Lipinski definition) is 5. The zero-order valence-corrected chi connectivity index (χ0v) is 16.9. The molecular formula is C21H30N6O. The van der Waals surface area contributed by atoms with Gasteiger partial charge in [-0.3, -0.25) is 24.3 Å². The van der Waals surface area contributed by atoms with Crippen LogP contribution in [0.3, 0.4) is 0 Å². The lowest BCUT2D eigenvalue weighted by molar-refractivity contribution is -0.136. The van der Waals surface area contributed by atoms with Gasteiger partial charge in [-0.1, -0.05) is 0 Å². The number of carbonyl (C=O) groups is 1. The van der Waals surface area contributed by atoms with Crippen molar-refractivity contribution in [2.24, 2.45) is 7.05 Å². The van der Waals surface area contributed by atoms with Crippen LogP contribution >= 0.6 is 0 Å². The number of aryl methyl sites for hydroxylation is 1. The Hall–Kier alpha value is -2.25.